The van der Waals surface area contributed by atoms with Gasteiger partial charge in [0, 0.05) is 6.20 Å². The molecule has 4 aliphatic carbocycles. The molecule has 10 atom stereocenters. The highest BCUT2D eigenvalue weighted by molar-refractivity contribution is 5.29. The topological polar surface area (TPSA) is 78.4 Å². The molecular weight excluding hydrogens is 448 g/mol. The third-order valence-corrected chi connectivity index (χ3v) is 11.6. The normalized spacial score (nSPS) is 41.8. The SMILES string of the molecule is CC(C)[C@H](O)CC[C@@H](C)[C@H]1CC[C@H]2[C@@H]3CC=C4[C@@H](O)[C@@H](OCc5ccn[nH]5)CC[C@]4(C)[C@H]3CC[C@]12C. The minimum absolute atomic E-state index is 0.0998. The number of nitrogens with zero attached hydrogens (tertiary/aromatic N) is 1. The fraction of sp³-hybridized carbons (Fsp3) is 0.839. The van der Waals surface area contributed by atoms with Gasteiger partial charge in [0.2, 0.25) is 0 Å². The van der Waals surface area contributed by atoms with Gasteiger partial charge in [0.05, 0.1) is 24.5 Å². The predicted octanol–water partition coefficient (Wildman–Crippen LogP) is 6.28. The average molecular weight is 499 g/mol. The van der Waals surface area contributed by atoms with Crippen LogP contribution in [0.25, 0.3) is 0 Å². The van der Waals surface area contributed by atoms with E-state index in [4.69, 9.17) is 4.74 Å². The smallest absolute Gasteiger partial charge is 0.102 e. The van der Waals surface area contributed by atoms with E-state index in [9.17, 15) is 10.2 Å². The Bertz CT molecular complexity index is 913. The second-order valence-corrected chi connectivity index (χ2v) is 13.7. The molecule has 5 nitrogen and oxygen atoms in total. The van der Waals surface area contributed by atoms with Crippen molar-refractivity contribution in [2.45, 2.75) is 117 Å². The molecule has 0 aliphatic heterocycles. The van der Waals surface area contributed by atoms with Gasteiger partial charge in [0.25, 0.3) is 0 Å². The number of nitrogens with one attached hydrogen (secondary N) is 1. The third-order valence-electron chi connectivity index (χ3n) is 11.6. The Morgan fingerprint density at radius 2 is 1.89 bits per heavy atom. The first-order valence-corrected chi connectivity index (χ1v) is 14.8. The average Bonchev–Trinajstić information content (AvgIpc) is 3.49. The minimum atomic E-state index is -0.496. The summed E-state index contributed by atoms with van der Waals surface area (Å²) in [5.74, 6) is 4.02. The Morgan fingerprint density at radius 1 is 1.08 bits per heavy atom. The van der Waals surface area contributed by atoms with Gasteiger partial charge in [-0.15, -0.1) is 0 Å². The maximum atomic E-state index is 11.4. The molecule has 0 aromatic carbocycles. The molecule has 1 heterocycles. The van der Waals surface area contributed by atoms with Crippen LogP contribution >= 0.6 is 0 Å². The Labute approximate surface area is 218 Å². The third kappa shape index (κ3) is 4.52. The van der Waals surface area contributed by atoms with Gasteiger partial charge < -0.3 is 14.9 Å². The highest BCUT2D eigenvalue weighted by Gasteiger charge is 2.60. The van der Waals surface area contributed by atoms with Crippen molar-refractivity contribution >= 4 is 0 Å². The Kier molecular flexibility index (Phi) is 7.48. The molecule has 1 aromatic heterocycles. The molecule has 0 bridgehead atoms. The number of H-pyrrole nitrogens is 1. The zero-order chi connectivity index (χ0) is 25.7. The fourth-order valence-corrected chi connectivity index (χ4v) is 9.39. The lowest BCUT2D eigenvalue weighted by Crippen LogP contribution is -2.54. The molecule has 1 aromatic rings. The molecule has 0 radical (unpaired) electrons. The van der Waals surface area contributed by atoms with Gasteiger partial charge in [-0.25, -0.2) is 0 Å². The van der Waals surface area contributed by atoms with E-state index in [1.54, 1.807) is 6.20 Å². The summed E-state index contributed by atoms with van der Waals surface area (Å²) >= 11 is 0. The van der Waals surface area contributed by atoms with Crippen LogP contribution in [0.4, 0.5) is 0 Å². The van der Waals surface area contributed by atoms with Crippen molar-refractivity contribution in [2.24, 2.45) is 46.3 Å². The van der Waals surface area contributed by atoms with Crippen molar-refractivity contribution in [1.29, 1.82) is 0 Å². The van der Waals surface area contributed by atoms with Gasteiger partial charge in [-0.05, 0) is 116 Å². The van der Waals surface area contributed by atoms with E-state index in [1.165, 1.54) is 31.3 Å². The van der Waals surface area contributed by atoms with Crippen LogP contribution in [0.3, 0.4) is 0 Å². The monoisotopic (exact) mass is 498 g/mol. The lowest BCUT2D eigenvalue weighted by molar-refractivity contribution is -0.101. The molecule has 0 unspecified atom stereocenters. The van der Waals surface area contributed by atoms with Gasteiger partial charge in [-0.2, -0.15) is 5.10 Å². The predicted molar refractivity (Wildman–Crippen MR) is 143 cm³/mol. The molecule has 3 fully saturated rings. The van der Waals surface area contributed by atoms with E-state index < -0.39 is 6.10 Å². The zero-order valence-electron chi connectivity index (χ0n) is 23.2. The first kappa shape index (κ1) is 26.4. The van der Waals surface area contributed by atoms with Crippen molar-refractivity contribution in [3.8, 4) is 0 Å². The number of hydrogen-bond acceptors (Lipinski definition) is 4. The summed E-state index contributed by atoms with van der Waals surface area (Å²) in [6, 6.07) is 1.94. The summed E-state index contributed by atoms with van der Waals surface area (Å²) in [7, 11) is 0. The number of allylic oxidation sites excluding steroid dienone is 1. The Balaban J connectivity index is 1.27. The van der Waals surface area contributed by atoms with Crippen LogP contribution in [0.1, 0.15) is 98.1 Å². The first-order valence-electron chi connectivity index (χ1n) is 14.8. The molecule has 3 saturated carbocycles. The van der Waals surface area contributed by atoms with Crippen molar-refractivity contribution in [3.05, 3.63) is 29.6 Å². The van der Waals surface area contributed by atoms with Crippen LogP contribution in [-0.4, -0.2) is 38.7 Å². The summed E-state index contributed by atoms with van der Waals surface area (Å²) in [5, 5.41) is 28.8. The lowest BCUT2D eigenvalue weighted by Gasteiger charge is -2.59. The summed E-state index contributed by atoms with van der Waals surface area (Å²) in [4.78, 5) is 0. The molecular formula is C31H50N2O3. The van der Waals surface area contributed by atoms with Gasteiger partial charge in [-0.3, -0.25) is 5.10 Å². The zero-order valence-corrected chi connectivity index (χ0v) is 23.2. The van der Waals surface area contributed by atoms with E-state index >= 15 is 0 Å². The number of ether oxygens (including phenoxy) is 1. The maximum Gasteiger partial charge on any atom is 0.102 e. The van der Waals surface area contributed by atoms with Gasteiger partial charge in [0.15, 0.2) is 0 Å². The minimum Gasteiger partial charge on any atom is -0.393 e. The van der Waals surface area contributed by atoms with Crippen LogP contribution in [0.2, 0.25) is 0 Å². The van der Waals surface area contributed by atoms with E-state index in [2.05, 4.69) is 50.9 Å². The quantitative estimate of drug-likeness (QED) is 0.369. The van der Waals surface area contributed by atoms with Crippen LogP contribution in [-0.2, 0) is 11.3 Å². The van der Waals surface area contributed by atoms with Crippen molar-refractivity contribution < 1.29 is 14.9 Å². The first-order chi connectivity index (χ1) is 17.1. The van der Waals surface area contributed by atoms with Gasteiger partial charge >= 0.3 is 0 Å². The molecule has 0 spiro atoms. The second kappa shape index (κ2) is 10.2. The van der Waals surface area contributed by atoms with Crippen molar-refractivity contribution in [3.63, 3.8) is 0 Å². The number of aromatic nitrogens is 2. The summed E-state index contributed by atoms with van der Waals surface area (Å²) in [6.45, 7) is 12.3. The molecule has 5 rings (SSSR count). The van der Waals surface area contributed by atoms with Gasteiger partial charge in [0.1, 0.15) is 6.10 Å². The fourth-order valence-electron chi connectivity index (χ4n) is 9.39. The molecule has 36 heavy (non-hydrogen) atoms. The largest absolute Gasteiger partial charge is 0.393 e. The second-order valence-electron chi connectivity index (χ2n) is 13.7. The highest BCUT2D eigenvalue weighted by atomic mass is 16.5. The lowest BCUT2D eigenvalue weighted by atomic mass is 9.46. The van der Waals surface area contributed by atoms with Crippen LogP contribution < -0.4 is 0 Å². The number of rotatable bonds is 8. The van der Waals surface area contributed by atoms with E-state index in [0.29, 0.717) is 29.8 Å². The number of fused-ring (bicyclic) bond motifs is 5. The number of aromatic amines is 1. The van der Waals surface area contributed by atoms with E-state index in [0.717, 1.165) is 55.6 Å². The van der Waals surface area contributed by atoms with Crippen LogP contribution in [0, 0.1) is 46.3 Å². The van der Waals surface area contributed by atoms with E-state index in [1.807, 2.05) is 6.07 Å². The number of aliphatic hydroxyl groups excluding tert-OH is 2. The summed E-state index contributed by atoms with van der Waals surface area (Å²) in [5.41, 5.74) is 2.75. The van der Waals surface area contributed by atoms with Crippen molar-refractivity contribution in [2.75, 3.05) is 0 Å². The van der Waals surface area contributed by atoms with Gasteiger partial charge in [-0.1, -0.05) is 40.7 Å². The van der Waals surface area contributed by atoms with Crippen molar-refractivity contribution in [1.82, 2.24) is 10.2 Å². The molecule has 202 valence electrons. The molecule has 0 saturated heterocycles. The Hall–Kier alpha value is -1.17. The number of hydrogen-bond donors (Lipinski definition) is 3. The van der Waals surface area contributed by atoms with Crippen LogP contribution in [0.15, 0.2) is 23.9 Å². The molecule has 5 heteroatoms. The molecule has 0 amide bonds. The summed E-state index contributed by atoms with van der Waals surface area (Å²) < 4.78 is 6.17. The Morgan fingerprint density at radius 3 is 2.61 bits per heavy atom. The molecule has 4 aliphatic rings. The van der Waals surface area contributed by atoms with Crippen LogP contribution in [0.5, 0.6) is 0 Å². The maximum absolute atomic E-state index is 11.4. The van der Waals surface area contributed by atoms with E-state index in [-0.39, 0.29) is 17.6 Å². The number of aliphatic hydroxyl groups is 2. The standard InChI is InChI=1S/C31H50N2O3/c1-19(2)27(34)11-6-20(3)23-9-10-24-22-7-8-26-29(35)28(36-18-21-14-17-32-33-21)13-16-31(26,5)25(22)12-15-30(23,24)4/h8,14,17,19-20,22-25,27-29,34-35H,6-7,9-13,15-16,18H2,1-5H3,(H,32,33)/t20-,22+,23-,24+,25+,27-,28+,29-,30-,31-/m1/s1. The highest BCUT2D eigenvalue weighted by Crippen LogP contribution is 2.67. The summed E-state index contributed by atoms with van der Waals surface area (Å²) in [6.07, 6.45) is 13.9. The molecule has 3 N–H and O–H groups in total.